The van der Waals surface area contributed by atoms with Crippen molar-refractivity contribution in [3.8, 4) is 17.2 Å². The van der Waals surface area contributed by atoms with Crippen molar-refractivity contribution in [2.75, 3.05) is 25.2 Å². The molecule has 36 heavy (non-hydrogen) atoms. The molecule has 0 spiro atoms. The molecule has 0 radical (unpaired) electrons. The van der Waals surface area contributed by atoms with Crippen LogP contribution >= 0.6 is 0 Å². The first-order chi connectivity index (χ1) is 17.6. The van der Waals surface area contributed by atoms with Crippen LogP contribution in [0.5, 0.6) is 17.2 Å². The Morgan fingerprint density at radius 2 is 1.72 bits per heavy atom. The molecule has 188 valence electrons. The topological polar surface area (TPSA) is 90.2 Å². The van der Waals surface area contributed by atoms with E-state index in [0.717, 1.165) is 25.7 Å². The highest BCUT2D eigenvalue weighted by molar-refractivity contribution is 6.08. The number of hydrogen-bond acceptors (Lipinski definition) is 6. The molecule has 8 heteroatoms. The summed E-state index contributed by atoms with van der Waals surface area (Å²) in [4.78, 5) is 29.3. The molecule has 1 aliphatic heterocycles. The molecule has 1 atom stereocenters. The van der Waals surface area contributed by atoms with E-state index in [1.807, 2.05) is 12.1 Å². The van der Waals surface area contributed by atoms with Gasteiger partial charge in [0.05, 0.1) is 13.4 Å². The predicted molar refractivity (Wildman–Crippen MR) is 134 cm³/mol. The van der Waals surface area contributed by atoms with Gasteiger partial charge in [0.25, 0.3) is 5.91 Å². The molecule has 2 aliphatic rings. The summed E-state index contributed by atoms with van der Waals surface area (Å²) in [6, 6.07) is 14.8. The second-order valence-corrected chi connectivity index (χ2v) is 9.00. The third-order valence-electron chi connectivity index (χ3n) is 6.64. The number of anilines is 1. The zero-order valence-corrected chi connectivity index (χ0v) is 20.3. The first kappa shape index (κ1) is 23.8. The van der Waals surface area contributed by atoms with Gasteiger partial charge in [0.2, 0.25) is 5.91 Å². The van der Waals surface area contributed by atoms with Gasteiger partial charge in [0.1, 0.15) is 25.0 Å². The van der Waals surface area contributed by atoms with E-state index in [4.69, 9.17) is 18.6 Å². The number of carbonyl (C=O) groups excluding carboxylic acids is 2. The molecule has 2 aromatic carbocycles. The van der Waals surface area contributed by atoms with Crippen LogP contribution in [-0.2, 0) is 4.79 Å². The smallest absolute Gasteiger partial charge is 0.294 e. The fourth-order valence-corrected chi connectivity index (χ4v) is 4.82. The second-order valence-electron chi connectivity index (χ2n) is 9.00. The van der Waals surface area contributed by atoms with E-state index < -0.39 is 11.9 Å². The van der Waals surface area contributed by atoms with Gasteiger partial charge in [-0.2, -0.15) is 0 Å². The van der Waals surface area contributed by atoms with E-state index >= 15 is 0 Å². The van der Waals surface area contributed by atoms with E-state index in [2.05, 4.69) is 5.32 Å². The van der Waals surface area contributed by atoms with Crippen molar-refractivity contribution in [1.82, 2.24) is 5.32 Å². The van der Waals surface area contributed by atoms with Crippen LogP contribution in [0.3, 0.4) is 0 Å². The lowest BCUT2D eigenvalue weighted by Crippen LogP contribution is -2.47. The molecule has 1 aliphatic carbocycles. The quantitative estimate of drug-likeness (QED) is 0.507. The molecule has 2 amide bonds. The van der Waals surface area contributed by atoms with Crippen LogP contribution in [0.25, 0.3) is 0 Å². The highest BCUT2D eigenvalue weighted by Crippen LogP contribution is 2.38. The monoisotopic (exact) mass is 490 g/mol. The number of rotatable bonds is 7. The van der Waals surface area contributed by atoms with E-state index in [1.54, 1.807) is 49.6 Å². The number of benzene rings is 2. The summed E-state index contributed by atoms with van der Waals surface area (Å²) in [6.45, 7) is 0.867. The van der Waals surface area contributed by atoms with E-state index in [0.29, 0.717) is 41.7 Å². The minimum Gasteiger partial charge on any atom is -0.497 e. The fraction of sp³-hybridized carbons (Fsp3) is 0.357. The second kappa shape index (κ2) is 10.8. The third kappa shape index (κ3) is 5.03. The highest BCUT2D eigenvalue weighted by atomic mass is 16.6. The lowest BCUT2D eigenvalue weighted by molar-refractivity contribution is -0.123. The van der Waals surface area contributed by atoms with E-state index in [-0.39, 0.29) is 17.7 Å². The number of hydrogen-bond donors (Lipinski definition) is 1. The van der Waals surface area contributed by atoms with Crippen molar-refractivity contribution in [3.05, 3.63) is 72.2 Å². The average Bonchev–Trinajstić information content (AvgIpc) is 3.47. The van der Waals surface area contributed by atoms with Gasteiger partial charge in [0, 0.05) is 17.8 Å². The number of nitrogens with one attached hydrogen (secondary N) is 1. The number of fused-ring (bicyclic) bond motifs is 1. The van der Waals surface area contributed by atoms with Crippen LogP contribution in [0, 0.1) is 0 Å². The van der Waals surface area contributed by atoms with Gasteiger partial charge in [-0.3, -0.25) is 14.5 Å². The summed E-state index contributed by atoms with van der Waals surface area (Å²) in [6.07, 6.45) is 6.63. The predicted octanol–water partition coefficient (Wildman–Crippen LogP) is 4.90. The number of carbonyl (C=O) groups is 2. The number of ether oxygens (including phenoxy) is 3. The number of nitrogens with zero attached hydrogens (tertiary/aromatic N) is 1. The van der Waals surface area contributed by atoms with Crippen molar-refractivity contribution in [1.29, 1.82) is 0 Å². The third-order valence-corrected chi connectivity index (χ3v) is 6.64. The van der Waals surface area contributed by atoms with Gasteiger partial charge in [-0.05, 0) is 54.8 Å². The molecule has 0 saturated heterocycles. The van der Waals surface area contributed by atoms with Gasteiger partial charge in [-0.15, -0.1) is 0 Å². The Balaban J connectivity index is 1.59. The van der Waals surface area contributed by atoms with E-state index in [9.17, 15) is 9.59 Å². The summed E-state index contributed by atoms with van der Waals surface area (Å²) in [5.41, 5.74) is 1.15. The molecule has 1 N–H and O–H groups in total. The van der Waals surface area contributed by atoms with Gasteiger partial charge in [0.15, 0.2) is 17.3 Å². The number of furan rings is 1. The minimum atomic E-state index is -0.946. The minimum absolute atomic E-state index is 0.0767. The molecule has 3 aromatic rings. The van der Waals surface area contributed by atoms with E-state index in [1.165, 1.54) is 17.6 Å². The largest absolute Gasteiger partial charge is 0.497 e. The fourth-order valence-electron chi connectivity index (χ4n) is 4.82. The molecular formula is C28H30N2O6. The highest BCUT2D eigenvalue weighted by Gasteiger charge is 2.36. The van der Waals surface area contributed by atoms with Crippen LogP contribution in [0.1, 0.15) is 54.3 Å². The van der Waals surface area contributed by atoms with Gasteiger partial charge < -0.3 is 23.9 Å². The Labute approximate surface area is 210 Å². The molecule has 5 rings (SSSR count). The molecule has 1 saturated carbocycles. The van der Waals surface area contributed by atoms with Crippen LogP contribution in [-0.4, -0.2) is 38.2 Å². The van der Waals surface area contributed by atoms with Crippen molar-refractivity contribution in [3.63, 3.8) is 0 Å². The molecule has 8 nitrogen and oxygen atoms in total. The molecule has 1 unspecified atom stereocenters. The molecule has 0 bridgehead atoms. The number of methoxy groups -OCH3 is 1. The summed E-state index contributed by atoms with van der Waals surface area (Å²) >= 11 is 0. The Bertz CT molecular complexity index is 1190. The molecular weight excluding hydrogens is 460 g/mol. The van der Waals surface area contributed by atoms with Crippen LogP contribution in [0.15, 0.2) is 65.3 Å². The van der Waals surface area contributed by atoms with Gasteiger partial charge in [-0.1, -0.05) is 31.4 Å². The average molecular weight is 491 g/mol. The van der Waals surface area contributed by atoms with Crippen molar-refractivity contribution >= 4 is 17.5 Å². The summed E-state index contributed by atoms with van der Waals surface area (Å²) in [5.74, 6) is 1.24. The Kier molecular flexibility index (Phi) is 7.11. The Morgan fingerprint density at radius 3 is 2.42 bits per heavy atom. The maximum atomic E-state index is 13.9. The standard InChI is InChI=1S/C28H30N2O6/c1-33-22-12-9-19(10-13-22)26(27(31)29-20-6-3-2-4-7-20)30(28(32)24-8-5-15-34-24)21-11-14-23-25(18-21)36-17-16-35-23/h5,8-15,18,20,26H,2-4,6-7,16-17H2,1H3,(H,29,31). The zero-order valence-electron chi connectivity index (χ0n) is 20.3. The summed E-state index contributed by atoms with van der Waals surface area (Å²) < 4.78 is 22.2. The van der Waals surface area contributed by atoms with Crippen molar-refractivity contribution < 1.29 is 28.2 Å². The van der Waals surface area contributed by atoms with Crippen LogP contribution in [0.4, 0.5) is 5.69 Å². The molecule has 1 aromatic heterocycles. The van der Waals surface area contributed by atoms with Crippen molar-refractivity contribution in [2.24, 2.45) is 0 Å². The first-order valence-electron chi connectivity index (χ1n) is 12.3. The first-order valence-corrected chi connectivity index (χ1v) is 12.3. The maximum absolute atomic E-state index is 13.9. The van der Waals surface area contributed by atoms with Gasteiger partial charge in [-0.25, -0.2) is 0 Å². The maximum Gasteiger partial charge on any atom is 0.294 e. The summed E-state index contributed by atoms with van der Waals surface area (Å²) in [5, 5.41) is 3.21. The normalized spacial score (nSPS) is 16.1. The van der Waals surface area contributed by atoms with Crippen LogP contribution < -0.4 is 24.4 Å². The molecule has 1 fully saturated rings. The summed E-state index contributed by atoms with van der Waals surface area (Å²) in [7, 11) is 1.59. The Morgan fingerprint density at radius 1 is 0.972 bits per heavy atom. The van der Waals surface area contributed by atoms with Gasteiger partial charge >= 0.3 is 0 Å². The SMILES string of the molecule is COc1ccc(C(C(=O)NC2CCCCC2)N(C(=O)c2ccco2)c2ccc3c(c2)OCCO3)cc1. The lowest BCUT2D eigenvalue weighted by atomic mass is 9.94. The Hall–Kier alpha value is -3.94. The lowest BCUT2D eigenvalue weighted by Gasteiger charge is -2.33. The van der Waals surface area contributed by atoms with Crippen LogP contribution in [0.2, 0.25) is 0 Å². The van der Waals surface area contributed by atoms with Crippen molar-refractivity contribution in [2.45, 2.75) is 44.2 Å². The molecule has 2 heterocycles. The zero-order chi connectivity index (χ0) is 24.9. The number of amides is 2.